The average molecular weight is 224 g/mol. The predicted molar refractivity (Wildman–Crippen MR) is 52.3 cm³/mol. The van der Waals surface area contributed by atoms with Gasteiger partial charge >= 0.3 is 0 Å². The fraction of sp³-hybridized carbons (Fsp3) is 0.500. The van der Waals surface area contributed by atoms with E-state index in [-0.39, 0.29) is 12.4 Å². The van der Waals surface area contributed by atoms with E-state index in [1.165, 1.54) is 0 Å². The van der Waals surface area contributed by atoms with Gasteiger partial charge in [0.2, 0.25) is 0 Å². The number of nitrogens with one attached hydrogen (secondary N) is 1. The van der Waals surface area contributed by atoms with Crippen molar-refractivity contribution in [2.45, 2.75) is 12.6 Å². The van der Waals surface area contributed by atoms with E-state index in [2.05, 4.69) is 5.32 Å². The van der Waals surface area contributed by atoms with Crippen LogP contribution in [-0.4, -0.2) is 13.2 Å². The van der Waals surface area contributed by atoms with Gasteiger partial charge in [0, 0.05) is 6.54 Å². The molecule has 1 unspecified atom stereocenters. The first-order valence-electron chi connectivity index (χ1n) is 3.85. The highest BCUT2D eigenvalue weighted by atomic mass is 35.5. The molecule has 2 rings (SSSR count). The molecular formula is C8H11Cl2NO2. The lowest BCUT2D eigenvalue weighted by molar-refractivity contribution is -0.0152. The molecule has 0 amide bonds. The molecule has 0 aliphatic carbocycles. The largest absolute Gasteiger partial charge is 0.445 e. The van der Waals surface area contributed by atoms with Crippen LogP contribution in [0.1, 0.15) is 12.7 Å². The fourth-order valence-corrected chi connectivity index (χ4v) is 1.47. The molecule has 0 spiro atoms. The van der Waals surface area contributed by atoms with Crippen molar-refractivity contribution in [1.82, 2.24) is 5.32 Å². The summed E-state index contributed by atoms with van der Waals surface area (Å²) in [7, 11) is 0. The fourth-order valence-electron chi connectivity index (χ4n) is 1.32. The third-order valence-electron chi connectivity index (χ3n) is 2.00. The second-order valence-electron chi connectivity index (χ2n) is 2.91. The predicted octanol–water partition coefficient (Wildman–Crippen LogP) is 2.15. The van der Waals surface area contributed by atoms with Crippen LogP contribution in [0.2, 0.25) is 5.22 Å². The van der Waals surface area contributed by atoms with Crippen LogP contribution in [0, 0.1) is 0 Å². The lowest BCUT2D eigenvalue weighted by atomic mass is 10.2. The molecule has 0 radical (unpaired) electrons. The Morgan fingerprint density at radius 3 is 2.77 bits per heavy atom. The van der Waals surface area contributed by atoms with Crippen LogP contribution in [0.5, 0.6) is 0 Å². The van der Waals surface area contributed by atoms with Crippen molar-refractivity contribution in [3.05, 3.63) is 23.1 Å². The second-order valence-corrected chi connectivity index (χ2v) is 3.28. The van der Waals surface area contributed by atoms with Crippen molar-refractivity contribution in [3.8, 4) is 0 Å². The van der Waals surface area contributed by atoms with Crippen molar-refractivity contribution in [1.29, 1.82) is 0 Å². The highest BCUT2D eigenvalue weighted by molar-refractivity contribution is 6.28. The summed E-state index contributed by atoms with van der Waals surface area (Å²) in [5, 5.41) is 3.58. The van der Waals surface area contributed by atoms with Gasteiger partial charge in [0.25, 0.3) is 0 Å². The van der Waals surface area contributed by atoms with Gasteiger partial charge in [-0.3, -0.25) is 5.32 Å². The third-order valence-corrected chi connectivity index (χ3v) is 2.20. The lowest BCUT2D eigenvalue weighted by Crippen LogP contribution is -2.33. The van der Waals surface area contributed by atoms with Crippen LogP contribution in [0.3, 0.4) is 0 Å². The average Bonchev–Trinajstić information content (AvgIpc) is 2.59. The minimum atomic E-state index is -0.493. The van der Waals surface area contributed by atoms with Crippen molar-refractivity contribution < 1.29 is 9.15 Å². The standard InChI is InChI=1S/C8H10ClNO2.ClH/c1-8(10-4-5-11-8)6-2-3-7(9)12-6;/h2-3,10H,4-5H2,1H3;1H. The van der Waals surface area contributed by atoms with E-state index >= 15 is 0 Å². The Balaban J connectivity index is 0.000000845. The summed E-state index contributed by atoms with van der Waals surface area (Å²) in [5.74, 6) is 0.727. The zero-order valence-corrected chi connectivity index (χ0v) is 8.74. The smallest absolute Gasteiger partial charge is 0.193 e. The molecule has 1 aliphatic heterocycles. The van der Waals surface area contributed by atoms with Gasteiger partial charge in [-0.25, -0.2) is 0 Å². The van der Waals surface area contributed by atoms with Crippen LogP contribution >= 0.6 is 24.0 Å². The van der Waals surface area contributed by atoms with Gasteiger partial charge in [0.1, 0.15) is 0 Å². The molecule has 0 saturated carbocycles. The van der Waals surface area contributed by atoms with E-state index in [1.807, 2.05) is 13.0 Å². The maximum Gasteiger partial charge on any atom is 0.193 e. The zero-order chi connectivity index (χ0) is 8.60. The molecule has 1 N–H and O–H groups in total. The van der Waals surface area contributed by atoms with Crippen LogP contribution in [0.15, 0.2) is 16.5 Å². The van der Waals surface area contributed by atoms with Crippen LogP contribution in [0.4, 0.5) is 0 Å². The Kier molecular flexibility index (Phi) is 3.24. The molecule has 1 aromatic rings. The van der Waals surface area contributed by atoms with Gasteiger partial charge in [-0.2, -0.15) is 0 Å². The van der Waals surface area contributed by atoms with Gasteiger partial charge in [0.05, 0.1) is 6.61 Å². The van der Waals surface area contributed by atoms with Gasteiger partial charge in [-0.1, -0.05) is 0 Å². The normalized spacial score (nSPS) is 27.2. The number of furan rings is 1. The summed E-state index contributed by atoms with van der Waals surface area (Å²) < 4.78 is 10.7. The Hall–Kier alpha value is -0.220. The number of ether oxygens (including phenoxy) is 1. The zero-order valence-electron chi connectivity index (χ0n) is 7.17. The highest BCUT2D eigenvalue weighted by Gasteiger charge is 2.34. The minimum absolute atomic E-state index is 0. The molecule has 74 valence electrons. The molecule has 1 aliphatic rings. The molecule has 5 heteroatoms. The number of hydrogen-bond acceptors (Lipinski definition) is 3. The van der Waals surface area contributed by atoms with E-state index < -0.39 is 5.72 Å². The molecule has 1 aromatic heterocycles. The second kappa shape index (κ2) is 3.88. The van der Waals surface area contributed by atoms with Crippen molar-refractivity contribution >= 4 is 24.0 Å². The monoisotopic (exact) mass is 223 g/mol. The first-order valence-corrected chi connectivity index (χ1v) is 4.23. The Bertz CT molecular complexity index is 281. The summed E-state index contributed by atoms with van der Waals surface area (Å²) in [6.45, 7) is 3.47. The topological polar surface area (TPSA) is 34.4 Å². The SMILES string of the molecule is CC1(c2ccc(Cl)o2)NCCO1.Cl. The number of halogens is 2. The molecule has 2 heterocycles. The minimum Gasteiger partial charge on any atom is -0.445 e. The van der Waals surface area contributed by atoms with Gasteiger partial charge in [-0.15, -0.1) is 12.4 Å². The lowest BCUT2D eigenvalue weighted by Gasteiger charge is -2.20. The van der Waals surface area contributed by atoms with E-state index in [4.69, 9.17) is 20.8 Å². The quantitative estimate of drug-likeness (QED) is 0.793. The molecule has 0 aromatic carbocycles. The third kappa shape index (κ3) is 1.99. The maximum absolute atomic E-state index is 5.65. The molecular weight excluding hydrogens is 213 g/mol. The first kappa shape index (κ1) is 10.9. The van der Waals surface area contributed by atoms with Crippen LogP contribution < -0.4 is 5.32 Å². The Labute approximate surface area is 87.8 Å². The molecule has 1 atom stereocenters. The van der Waals surface area contributed by atoms with E-state index in [9.17, 15) is 0 Å². The number of hydrogen-bond donors (Lipinski definition) is 1. The molecule has 1 saturated heterocycles. The van der Waals surface area contributed by atoms with Crippen LogP contribution in [-0.2, 0) is 10.5 Å². The molecule has 1 fully saturated rings. The van der Waals surface area contributed by atoms with E-state index in [1.54, 1.807) is 6.07 Å². The van der Waals surface area contributed by atoms with Gasteiger partial charge < -0.3 is 9.15 Å². The first-order chi connectivity index (χ1) is 5.71. The number of rotatable bonds is 1. The highest BCUT2D eigenvalue weighted by Crippen LogP contribution is 2.28. The van der Waals surface area contributed by atoms with Crippen molar-refractivity contribution in [3.63, 3.8) is 0 Å². The maximum atomic E-state index is 5.65. The molecule has 3 nitrogen and oxygen atoms in total. The van der Waals surface area contributed by atoms with Crippen molar-refractivity contribution in [2.75, 3.05) is 13.2 Å². The summed E-state index contributed by atoms with van der Waals surface area (Å²) in [4.78, 5) is 0. The summed E-state index contributed by atoms with van der Waals surface area (Å²) in [6, 6.07) is 3.53. The molecule has 0 bridgehead atoms. The summed E-state index contributed by atoms with van der Waals surface area (Å²) in [6.07, 6.45) is 0. The molecule has 13 heavy (non-hydrogen) atoms. The Morgan fingerprint density at radius 1 is 1.54 bits per heavy atom. The van der Waals surface area contributed by atoms with E-state index in [0.717, 1.165) is 12.3 Å². The van der Waals surface area contributed by atoms with Crippen LogP contribution in [0.25, 0.3) is 0 Å². The summed E-state index contributed by atoms with van der Waals surface area (Å²) in [5.41, 5.74) is -0.493. The Morgan fingerprint density at radius 2 is 2.31 bits per heavy atom. The van der Waals surface area contributed by atoms with Gasteiger partial charge in [0.15, 0.2) is 16.7 Å². The summed E-state index contributed by atoms with van der Waals surface area (Å²) >= 11 is 5.65. The van der Waals surface area contributed by atoms with Gasteiger partial charge in [-0.05, 0) is 30.7 Å². The van der Waals surface area contributed by atoms with E-state index in [0.29, 0.717) is 11.8 Å². The van der Waals surface area contributed by atoms with Crippen molar-refractivity contribution in [2.24, 2.45) is 0 Å².